The number of carboxylic acid groups (broad SMARTS) is 1. The van der Waals surface area contributed by atoms with Gasteiger partial charge in [-0.3, -0.25) is 9.59 Å². The van der Waals surface area contributed by atoms with Crippen molar-refractivity contribution in [2.75, 3.05) is 0 Å². The van der Waals surface area contributed by atoms with Crippen molar-refractivity contribution in [3.05, 3.63) is 48.6 Å². The third-order valence-corrected chi connectivity index (χ3v) is 6.51. The van der Waals surface area contributed by atoms with Gasteiger partial charge in [-0.05, 0) is 70.3 Å². The fraction of sp³-hybridized carbons (Fsp3) is 0.706. The fourth-order valence-corrected chi connectivity index (χ4v) is 4.13. The minimum atomic E-state index is -0.732. The van der Waals surface area contributed by atoms with Gasteiger partial charge in [0.1, 0.15) is 6.10 Å². The molecule has 4 heteroatoms. The molecule has 0 saturated carbocycles. The molecule has 0 spiro atoms. The molecule has 218 valence electrons. The maximum Gasteiger partial charge on any atom is 0.306 e. The number of unbranched alkanes of at least 4 members (excludes halogenated alkanes) is 12. The summed E-state index contributed by atoms with van der Waals surface area (Å²) in [4.78, 5) is 23.1. The number of esters is 1. The van der Waals surface area contributed by atoms with Gasteiger partial charge in [0.25, 0.3) is 0 Å². The lowest BCUT2D eigenvalue weighted by atomic mass is 10.1. The van der Waals surface area contributed by atoms with Crippen LogP contribution in [0, 0.1) is 0 Å². The smallest absolute Gasteiger partial charge is 0.306 e. The van der Waals surface area contributed by atoms with Gasteiger partial charge in [-0.25, -0.2) is 0 Å². The molecule has 0 saturated heterocycles. The highest BCUT2D eigenvalue weighted by Crippen LogP contribution is 2.14. The van der Waals surface area contributed by atoms with Gasteiger partial charge in [0, 0.05) is 12.8 Å². The van der Waals surface area contributed by atoms with E-state index in [-0.39, 0.29) is 18.5 Å². The first-order valence-corrected chi connectivity index (χ1v) is 15.6. The molecule has 1 unspecified atom stereocenters. The number of carboxylic acids is 1. The summed E-state index contributed by atoms with van der Waals surface area (Å²) in [5.41, 5.74) is 0. The monoisotopic (exact) mass is 530 g/mol. The molecule has 0 aromatic rings. The predicted octanol–water partition coefficient (Wildman–Crippen LogP) is 10.4. The molecular formula is C34H58O4. The van der Waals surface area contributed by atoms with Crippen molar-refractivity contribution in [2.24, 2.45) is 0 Å². The maximum absolute atomic E-state index is 12.4. The first kappa shape index (κ1) is 35.9. The van der Waals surface area contributed by atoms with Crippen LogP contribution in [0.3, 0.4) is 0 Å². The Morgan fingerprint density at radius 1 is 0.605 bits per heavy atom. The van der Waals surface area contributed by atoms with Crippen LogP contribution in [0.5, 0.6) is 0 Å². The minimum absolute atomic E-state index is 0.0982. The maximum atomic E-state index is 12.4. The summed E-state index contributed by atoms with van der Waals surface area (Å²) < 4.78 is 5.80. The van der Waals surface area contributed by atoms with Gasteiger partial charge in [-0.1, -0.05) is 114 Å². The van der Waals surface area contributed by atoms with Crippen LogP contribution in [0.25, 0.3) is 0 Å². The molecule has 0 rings (SSSR count). The Morgan fingerprint density at radius 3 is 1.71 bits per heavy atom. The molecule has 0 aliphatic carbocycles. The van der Waals surface area contributed by atoms with E-state index in [1.807, 2.05) is 6.08 Å². The van der Waals surface area contributed by atoms with Gasteiger partial charge < -0.3 is 9.84 Å². The largest absolute Gasteiger partial charge is 0.481 e. The Morgan fingerprint density at radius 2 is 1.11 bits per heavy atom. The molecule has 0 amide bonds. The molecule has 0 aromatic heterocycles. The van der Waals surface area contributed by atoms with Crippen molar-refractivity contribution in [3.63, 3.8) is 0 Å². The van der Waals surface area contributed by atoms with Crippen LogP contribution in [0.1, 0.15) is 149 Å². The van der Waals surface area contributed by atoms with Gasteiger partial charge in [0.15, 0.2) is 0 Å². The van der Waals surface area contributed by atoms with Gasteiger partial charge in [-0.2, -0.15) is 0 Å². The molecule has 4 nitrogen and oxygen atoms in total. The Bertz CT molecular complexity index is 659. The van der Waals surface area contributed by atoms with Crippen LogP contribution in [-0.4, -0.2) is 23.1 Å². The van der Waals surface area contributed by atoms with E-state index < -0.39 is 5.97 Å². The highest BCUT2D eigenvalue weighted by atomic mass is 16.5. The van der Waals surface area contributed by atoms with E-state index in [1.165, 1.54) is 51.4 Å². The Hall–Kier alpha value is -2.10. The second kappa shape index (κ2) is 29.5. The summed E-state index contributed by atoms with van der Waals surface area (Å²) in [5.74, 6) is -0.830. The fourth-order valence-electron chi connectivity index (χ4n) is 4.13. The summed E-state index contributed by atoms with van der Waals surface area (Å²) >= 11 is 0. The van der Waals surface area contributed by atoms with Crippen molar-refractivity contribution in [1.82, 2.24) is 0 Å². The summed E-state index contributed by atoms with van der Waals surface area (Å²) in [6, 6.07) is 0. The highest BCUT2D eigenvalue weighted by Gasteiger charge is 2.11. The third kappa shape index (κ3) is 28.5. The summed E-state index contributed by atoms with van der Waals surface area (Å²) in [6.45, 7) is 4.42. The number of carbonyl (C=O) groups is 2. The Kier molecular flexibility index (Phi) is 27.8. The Balaban J connectivity index is 4.11. The lowest BCUT2D eigenvalue weighted by Crippen LogP contribution is -2.16. The number of hydrogen-bond acceptors (Lipinski definition) is 3. The van der Waals surface area contributed by atoms with Crippen molar-refractivity contribution >= 4 is 11.9 Å². The lowest BCUT2D eigenvalue weighted by Gasteiger charge is -2.14. The SMILES string of the molecule is CCCC/C=C\C/C=C\CCCCCCCC(=O)OC(/C=C\C/C=C\CCCC)CCCCCCC(=O)O. The molecule has 0 aromatic carbocycles. The van der Waals surface area contributed by atoms with Crippen LogP contribution >= 0.6 is 0 Å². The van der Waals surface area contributed by atoms with E-state index in [1.54, 1.807) is 0 Å². The van der Waals surface area contributed by atoms with Crippen LogP contribution in [-0.2, 0) is 14.3 Å². The summed E-state index contributed by atoms with van der Waals surface area (Å²) in [5, 5.41) is 8.77. The molecule has 0 aliphatic rings. The number of carbonyl (C=O) groups excluding carboxylic acids is 1. The van der Waals surface area contributed by atoms with Crippen LogP contribution in [0.2, 0.25) is 0 Å². The first-order chi connectivity index (χ1) is 18.6. The number of allylic oxidation sites excluding steroid dienone is 7. The zero-order valence-corrected chi connectivity index (χ0v) is 24.7. The average molecular weight is 531 g/mol. The second-order valence-electron chi connectivity index (χ2n) is 10.3. The highest BCUT2D eigenvalue weighted by molar-refractivity contribution is 5.69. The van der Waals surface area contributed by atoms with E-state index in [9.17, 15) is 9.59 Å². The lowest BCUT2D eigenvalue weighted by molar-refractivity contribution is -0.147. The second-order valence-corrected chi connectivity index (χ2v) is 10.3. The van der Waals surface area contributed by atoms with Crippen molar-refractivity contribution in [3.8, 4) is 0 Å². The van der Waals surface area contributed by atoms with Crippen LogP contribution in [0.15, 0.2) is 48.6 Å². The van der Waals surface area contributed by atoms with Crippen molar-refractivity contribution < 1.29 is 19.4 Å². The molecule has 0 aliphatic heterocycles. The van der Waals surface area contributed by atoms with Crippen molar-refractivity contribution in [2.45, 2.75) is 155 Å². The number of hydrogen-bond donors (Lipinski definition) is 1. The first-order valence-electron chi connectivity index (χ1n) is 15.6. The van der Waals surface area contributed by atoms with Gasteiger partial charge >= 0.3 is 11.9 Å². The van der Waals surface area contributed by atoms with E-state index in [2.05, 4.69) is 56.4 Å². The third-order valence-electron chi connectivity index (χ3n) is 6.51. The molecule has 1 N–H and O–H groups in total. The van der Waals surface area contributed by atoms with Crippen LogP contribution < -0.4 is 0 Å². The molecule has 0 bridgehead atoms. The molecule has 0 radical (unpaired) electrons. The van der Waals surface area contributed by atoms with Gasteiger partial charge in [-0.15, -0.1) is 0 Å². The molecule has 0 fully saturated rings. The molecular weight excluding hydrogens is 472 g/mol. The standard InChI is InChI=1S/C34H58O4/c1-3-5-7-9-11-12-13-14-15-16-17-19-21-27-31-34(37)38-32(28-24-20-18-10-8-6-4-2)29-25-22-23-26-30-33(35)36/h9-11,13-14,18,24,28,32H,3-8,12,15-17,19-23,25-27,29-31H2,1-2H3,(H,35,36)/b11-9-,14-13-,18-10-,28-24-. The quantitative estimate of drug-likeness (QED) is 0.0651. The minimum Gasteiger partial charge on any atom is -0.481 e. The van der Waals surface area contributed by atoms with Gasteiger partial charge in [0.05, 0.1) is 0 Å². The van der Waals surface area contributed by atoms with Crippen LogP contribution in [0.4, 0.5) is 0 Å². The predicted molar refractivity (Wildman–Crippen MR) is 162 cm³/mol. The molecule has 0 heterocycles. The normalized spacial score (nSPS) is 12.9. The van der Waals surface area contributed by atoms with E-state index in [0.29, 0.717) is 12.8 Å². The Labute approximate surface area is 234 Å². The van der Waals surface area contributed by atoms with E-state index >= 15 is 0 Å². The number of rotatable bonds is 27. The van der Waals surface area contributed by atoms with E-state index in [4.69, 9.17) is 9.84 Å². The summed E-state index contributed by atoms with van der Waals surface area (Å²) in [7, 11) is 0. The summed E-state index contributed by atoms with van der Waals surface area (Å²) in [6.07, 6.45) is 38.4. The number of aliphatic carboxylic acids is 1. The zero-order valence-electron chi connectivity index (χ0n) is 24.7. The van der Waals surface area contributed by atoms with E-state index in [0.717, 1.165) is 64.2 Å². The van der Waals surface area contributed by atoms with Gasteiger partial charge in [0.2, 0.25) is 0 Å². The van der Waals surface area contributed by atoms with Crippen molar-refractivity contribution in [1.29, 1.82) is 0 Å². The number of ether oxygens (including phenoxy) is 1. The molecule has 1 atom stereocenters. The topological polar surface area (TPSA) is 63.6 Å². The zero-order chi connectivity index (χ0) is 27.9. The molecule has 38 heavy (non-hydrogen) atoms. The average Bonchev–Trinajstić information content (AvgIpc) is 2.89.